The van der Waals surface area contributed by atoms with Crippen molar-refractivity contribution < 1.29 is 19.4 Å². The topological polar surface area (TPSA) is 140 Å². The van der Waals surface area contributed by atoms with E-state index in [9.17, 15) is 9.90 Å². The summed E-state index contributed by atoms with van der Waals surface area (Å²) >= 11 is 0. The lowest BCUT2D eigenvalue weighted by Gasteiger charge is -2.40. The summed E-state index contributed by atoms with van der Waals surface area (Å²) in [6, 6.07) is 16.3. The number of aromatic amines is 1. The van der Waals surface area contributed by atoms with E-state index in [1.807, 2.05) is 18.2 Å². The van der Waals surface area contributed by atoms with E-state index in [4.69, 9.17) is 24.7 Å². The van der Waals surface area contributed by atoms with Crippen molar-refractivity contribution in [1.29, 1.82) is 5.26 Å². The molecule has 40 heavy (non-hydrogen) atoms. The van der Waals surface area contributed by atoms with Gasteiger partial charge in [-0.1, -0.05) is 6.07 Å². The van der Waals surface area contributed by atoms with Gasteiger partial charge in [-0.2, -0.15) is 10.2 Å². The molecule has 0 unspecified atom stereocenters. The Morgan fingerprint density at radius 1 is 1.18 bits per heavy atom. The van der Waals surface area contributed by atoms with Gasteiger partial charge in [0.2, 0.25) is 5.88 Å². The average molecular weight is 540 g/mol. The van der Waals surface area contributed by atoms with E-state index < -0.39 is 5.97 Å². The van der Waals surface area contributed by atoms with Crippen LogP contribution in [0, 0.1) is 11.3 Å². The smallest absolute Gasteiger partial charge is 0.335 e. The van der Waals surface area contributed by atoms with E-state index in [1.54, 1.807) is 30.3 Å². The maximum absolute atomic E-state index is 11.4. The molecule has 0 aliphatic carbocycles. The number of hydrogen-bond donors (Lipinski definition) is 2. The van der Waals surface area contributed by atoms with Crippen LogP contribution in [0.2, 0.25) is 0 Å². The maximum atomic E-state index is 11.4. The number of carbonyl (C=O) groups is 1. The van der Waals surface area contributed by atoms with Crippen molar-refractivity contribution in [3.8, 4) is 11.9 Å². The Kier molecular flexibility index (Phi) is 7.27. The molecule has 6 rings (SSSR count). The highest BCUT2D eigenvalue weighted by Gasteiger charge is 2.34. The molecule has 3 aromatic heterocycles. The number of nitriles is 1. The van der Waals surface area contributed by atoms with Gasteiger partial charge in [-0.15, -0.1) is 0 Å². The molecule has 0 spiro atoms. The van der Waals surface area contributed by atoms with Crippen LogP contribution in [0.5, 0.6) is 5.88 Å². The van der Waals surface area contributed by atoms with Crippen LogP contribution < -0.4 is 9.64 Å². The van der Waals surface area contributed by atoms with Gasteiger partial charge in [-0.3, -0.25) is 9.88 Å². The number of imidazole rings is 1. The normalized spacial score (nSPS) is 18.2. The largest absolute Gasteiger partial charge is 0.478 e. The summed E-state index contributed by atoms with van der Waals surface area (Å²) in [6.45, 7) is 5.23. The van der Waals surface area contributed by atoms with E-state index in [0.717, 1.165) is 74.1 Å². The molecule has 4 aromatic rings. The van der Waals surface area contributed by atoms with Crippen molar-refractivity contribution in [2.75, 3.05) is 44.2 Å². The number of aromatic nitrogens is 4. The first-order chi connectivity index (χ1) is 19.6. The number of carboxylic acids is 1. The Hall–Kier alpha value is -4.53. The highest BCUT2D eigenvalue weighted by Crippen LogP contribution is 2.31. The van der Waals surface area contributed by atoms with Crippen molar-refractivity contribution >= 4 is 22.8 Å². The molecule has 11 heteroatoms. The van der Waals surface area contributed by atoms with Crippen LogP contribution in [0.25, 0.3) is 11.0 Å². The minimum Gasteiger partial charge on any atom is -0.478 e. The first kappa shape index (κ1) is 25.7. The fraction of sp³-hybridized carbons (Fsp3) is 0.345. The molecule has 0 bridgehead atoms. The highest BCUT2D eigenvalue weighted by molar-refractivity contribution is 5.92. The summed E-state index contributed by atoms with van der Waals surface area (Å²) < 4.78 is 11.7. The molecule has 1 aromatic carbocycles. The third kappa shape index (κ3) is 5.59. The predicted octanol–water partition coefficient (Wildman–Crippen LogP) is 3.20. The van der Waals surface area contributed by atoms with E-state index in [0.29, 0.717) is 11.4 Å². The number of ether oxygens (including phenoxy) is 2. The fourth-order valence-corrected chi connectivity index (χ4v) is 5.11. The minimum absolute atomic E-state index is 0.0756. The van der Waals surface area contributed by atoms with Gasteiger partial charge in [0.15, 0.2) is 0 Å². The van der Waals surface area contributed by atoms with Crippen LogP contribution in [0.1, 0.15) is 39.8 Å². The van der Waals surface area contributed by atoms with Crippen molar-refractivity contribution in [3.63, 3.8) is 0 Å². The quantitative estimate of drug-likeness (QED) is 0.326. The number of hydrogen-bond acceptors (Lipinski definition) is 9. The third-order valence-electron chi connectivity index (χ3n) is 7.46. The highest BCUT2D eigenvalue weighted by atomic mass is 16.5. The average Bonchev–Trinajstić information content (AvgIpc) is 3.39. The van der Waals surface area contributed by atoms with Gasteiger partial charge in [0, 0.05) is 51.6 Å². The molecular formula is C29H29N7O4. The Morgan fingerprint density at radius 3 is 2.73 bits per heavy atom. The number of carboxylic acid groups (broad SMARTS) is 1. The van der Waals surface area contributed by atoms with Gasteiger partial charge in [0.05, 0.1) is 39.9 Å². The molecule has 2 atom stereocenters. The number of nitrogens with one attached hydrogen (secondary N) is 1. The van der Waals surface area contributed by atoms with Gasteiger partial charge < -0.3 is 24.5 Å². The molecule has 0 amide bonds. The number of H-pyrrole nitrogens is 1. The molecule has 2 N–H and O–H groups in total. The Labute approximate surface area is 231 Å². The van der Waals surface area contributed by atoms with Crippen LogP contribution in [0.3, 0.4) is 0 Å². The number of aromatic carboxylic acids is 1. The first-order valence-electron chi connectivity index (χ1n) is 13.3. The van der Waals surface area contributed by atoms with Crippen molar-refractivity contribution in [2.24, 2.45) is 0 Å². The number of benzene rings is 1. The minimum atomic E-state index is -0.954. The van der Waals surface area contributed by atoms with Crippen molar-refractivity contribution in [3.05, 3.63) is 77.4 Å². The van der Waals surface area contributed by atoms with Crippen LogP contribution in [-0.4, -0.2) is 81.3 Å². The van der Waals surface area contributed by atoms with Gasteiger partial charge >= 0.3 is 5.97 Å². The molecule has 2 aliphatic heterocycles. The lowest BCUT2D eigenvalue weighted by Crippen LogP contribution is -2.49. The second-order valence-electron chi connectivity index (χ2n) is 10.0. The maximum Gasteiger partial charge on any atom is 0.335 e. The van der Waals surface area contributed by atoms with E-state index in [-0.39, 0.29) is 24.2 Å². The zero-order chi connectivity index (χ0) is 27.5. The van der Waals surface area contributed by atoms with E-state index in [2.05, 4.69) is 25.8 Å². The molecule has 0 radical (unpaired) electrons. The van der Waals surface area contributed by atoms with Crippen LogP contribution in [-0.2, 0) is 11.3 Å². The second kappa shape index (κ2) is 11.3. The molecule has 11 nitrogen and oxygen atoms in total. The van der Waals surface area contributed by atoms with Gasteiger partial charge in [-0.25, -0.2) is 9.78 Å². The van der Waals surface area contributed by atoms with E-state index in [1.165, 1.54) is 6.20 Å². The number of piperazine rings is 1. The lowest BCUT2D eigenvalue weighted by molar-refractivity contribution is -0.0725. The summed E-state index contributed by atoms with van der Waals surface area (Å²) in [7, 11) is 0. The van der Waals surface area contributed by atoms with Crippen LogP contribution in [0.4, 0.5) is 5.82 Å². The standard InChI is InChI=1S/C29H29N7O4/c30-15-19-4-6-21(31-16-19)18-40-27-3-1-2-26(34-27)36-11-9-35(10-12-36)17-22(25-8-13-39-25)28-32-23-7-5-20(29(37)38)14-24(23)33-28/h1-7,14,16,22,25H,8-13,17-18H2,(H,32,33)(H,37,38)/t22-,25+/m1/s1. The summed E-state index contributed by atoms with van der Waals surface area (Å²) in [6.07, 6.45) is 2.61. The van der Waals surface area contributed by atoms with Crippen LogP contribution >= 0.6 is 0 Å². The van der Waals surface area contributed by atoms with Gasteiger partial charge in [0.1, 0.15) is 24.3 Å². The molecule has 0 saturated carbocycles. The van der Waals surface area contributed by atoms with Crippen LogP contribution in [0.15, 0.2) is 54.7 Å². The molecule has 2 saturated heterocycles. The third-order valence-corrected chi connectivity index (χ3v) is 7.46. The Bertz CT molecular complexity index is 1540. The number of fused-ring (bicyclic) bond motifs is 1. The first-order valence-corrected chi connectivity index (χ1v) is 13.3. The molecule has 5 heterocycles. The molecule has 2 aliphatic rings. The number of nitrogens with zero attached hydrogens (tertiary/aromatic N) is 6. The van der Waals surface area contributed by atoms with Gasteiger partial charge in [-0.05, 0) is 42.8 Å². The zero-order valence-corrected chi connectivity index (χ0v) is 21.9. The van der Waals surface area contributed by atoms with Crippen molar-refractivity contribution in [1.82, 2.24) is 24.8 Å². The second-order valence-corrected chi connectivity index (χ2v) is 10.0. The fourth-order valence-electron chi connectivity index (χ4n) is 5.11. The SMILES string of the molecule is N#Cc1ccc(COc2cccc(N3CCN(C[C@@H](c4nc5ccc(C(=O)O)cc5[nH]4)[C@@H]4CCO4)CC3)n2)nc1. The number of pyridine rings is 2. The Morgan fingerprint density at radius 2 is 2.02 bits per heavy atom. The summed E-state index contributed by atoms with van der Waals surface area (Å²) in [4.78, 5) is 33.2. The van der Waals surface area contributed by atoms with E-state index >= 15 is 0 Å². The van der Waals surface area contributed by atoms with Crippen molar-refractivity contribution in [2.45, 2.75) is 25.0 Å². The number of anilines is 1. The summed E-state index contributed by atoms with van der Waals surface area (Å²) in [5, 5.41) is 18.3. The molecule has 204 valence electrons. The number of rotatable bonds is 9. The zero-order valence-electron chi connectivity index (χ0n) is 21.9. The summed E-state index contributed by atoms with van der Waals surface area (Å²) in [5.41, 5.74) is 2.98. The molecular weight excluding hydrogens is 510 g/mol. The lowest BCUT2D eigenvalue weighted by atomic mass is 9.94. The molecule has 2 fully saturated rings. The Balaban J connectivity index is 1.08. The predicted molar refractivity (Wildman–Crippen MR) is 146 cm³/mol. The monoisotopic (exact) mass is 539 g/mol. The summed E-state index contributed by atoms with van der Waals surface area (Å²) in [5.74, 6) is 1.36. The van der Waals surface area contributed by atoms with Gasteiger partial charge in [0.25, 0.3) is 0 Å².